The Morgan fingerprint density at radius 2 is 2.19 bits per heavy atom. The summed E-state index contributed by atoms with van der Waals surface area (Å²) in [5, 5.41) is 18.2. The maximum Gasteiger partial charge on any atom is 0.149 e. The number of likely N-dealkylation sites (tertiary alicyclic amines) is 1. The van der Waals surface area contributed by atoms with E-state index >= 15 is 0 Å². The van der Waals surface area contributed by atoms with E-state index in [1.165, 1.54) is 6.07 Å². The predicted octanol–water partition coefficient (Wildman–Crippen LogP) is 0.520. The number of benzene rings is 1. The maximum atomic E-state index is 14.1. The molecule has 0 aromatic heterocycles. The van der Waals surface area contributed by atoms with E-state index in [1.54, 1.807) is 12.1 Å². The van der Waals surface area contributed by atoms with Crippen molar-refractivity contribution in [3.63, 3.8) is 0 Å². The topological polar surface area (TPSA) is 67.6 Å². The molecule has 2 saturated heterocycles. The summed E-state index contributed by atoms with van der Waals surface area (Å²) >= 11 is 0. The Morgan fingerprint density at radius 1 is 1.48 bits per heavy atom. The minimum atomic E-state index is -0.956. The van der Waals surface area contributed by atoms with Gasteiger partial charge in [-0.3, -0.25) is 4.90 Å². The second kappa shape index (κ2) is 5.43. The Bertz CT molecular complexity index is 589. The Morgan fingerprint density at radius 3 is 2.76 bits per heavy atom. The van der Waals surface area contributed by atoms with Crippen molar-refractivity contribution in [1.29, 1.82) is 5.26 Å². The Hall–Kier alpha value is -1.97. The number of β-amino-alcohol motifs (C(OH)–C–C–N with tert-alkyl or cyclic N) is 1. The third-order valence-electron chi connectivity index (χ3n) is 4.23. The highest BCUT2D eigenvalue weighted by Crippen LogP contribution is 2.38. The fraction of sp³-hybridized carbons (Fsp3) is 0.467. The van der Waals surface area contributed by atoms with Crippen LogP contribution in [0.4, 0.5) is 10.1 Å². The molecule has 110 valence electrons. The summed E-state index contributed by atoms with van der Waals surface area (Å²) < 4.78 is 14.1. The van der Waals surface area contributed by atoms with E-state index in [0.717, 1.165) is 6.42 Å². The van der Waals surface area contributed by atoms with Crippen molar-refractivity contribution in [2.45, 2.75) is 24.6 Å². The van der Waals surface area contributed by atoms with Crippen LogP contribution in [0, 0.1) is 17.1 Å². The number of piperazine rings is 1. The first-order valence-electron chi connectivity index (χ1n) is 6.96. The minimum absolute atomic E-state index is 0.199. The van der Waals surface area contributed by atoms with Crippen LogP contribution in [0.3, 0.4) is 0 Å². The molecular formula is C15H16FN3O2. The van der Waals surface area contributed by atoms with E-state index in [1.807, 2.05) is 15.9 Å². The highest BCUT2D eigenvalue weighted by molar-refractivity contribution is 5.57. The van der Waals surface area contributed by atoms with Crippen molar-refractivity contribution in [3.8, 4) is 6.07 Å². The van der Waals surface area contributed by atoms with Gasteiger partial charge in [0.05, 0.1) is 17.3 Å². The van der Waals surface area contributed by atoms with Gasteiger partial charge in [0.25, 0.3) is 0 Å². The van der Waals surface area contributed by atoms with Gasteiger partial charge in [-0.25, -0.2) is 4.39 Å². The molecule has 1 N–H and O–H groups in total. The molecule has 3 atom stereocenters. The highest BCUT2D eigenvalue weighted by atomic mass is 19.1. The molecule has 6 heteroatoms. The smallest absolute Gasteiger partial charge is 0.149 e. The van der Waals surface area contributed by atoms with Gasteiger partial charge in [-0.05, 0) is 24.6 Å². The van der Waals surface area contributed by atoms with Gasteiger partial charge in [0.1, 0.15) is 18.2 Å². The summed E-state index contributed by atoms with van der Waals surface area (Å²) in [5.41, 5.74) is 0.850. The molecule has 0 spiro atoms. The van der Waals surface area contributed by atoms with Crippen LogP contribution in [0.5, 0.6) is 0 Å². The summed E-state index contributed by atoms with van der Waals surface area (Å²) in [6.07, 6.45) is 0.577. The first-order chi connectivity index (χ1) is 10.1. The zero-order valence-corrected chi connectivity index (χ0v) is 11.4. The molecule has 0 saturated carbocycles. The molecule has 2 bridgehead atoms. The number of piperidine rings is 1. The molecule has 0 amide bonds. The number of anilines is 1. The summed E-state index contributed by atoms with van der Waals surface area (Å²) in [6, 6.07) is 6.87. The van der Waals surface area contributed by atoms with Gasteiger partial charge in [0, 0.05) is 31.7 Å². The van der Waals surface area contributed by atoms with Crippen LogP contribution >= 0.6 is 0 Å². The number of aliphatic hydroxyl groups is 1. The van der Waals surface area contributed by atoms with Crippen LogP contribution in [-0.2, 0) is 4.79 Å². The second-order valence-corrected chi connectivity index (χ2v) is 5.65. The van der Waals surface area contributed by atoms with E-state index in [9.17, 15) is 14.3 Å². The van der Waals surface area contributed by atoms with Gasteiger partial charge in [0.2, 0.25) is 0 Å². The van der Waals surface area contributed by atoms with Crippen molar-refractivity contribution in [2.75, 3.05) is 24.5 Å². The number of nitrogens with zero attached hydrogens (tertiary/aromatic N) is 3. The van der Waals surface area contributed by atoms with Gasteiger partial charge in [-0.1, -0.05) is 0 Å². The lowest BCUT2D eigenvalue weighted by molar-refractivity contribution is -0.116. The summed E-state index contributed by atoms with van der Waals surface area (Å²) in [6.45, 7) is 1.75. The third-order valence-corrected chi connectivity index (χ3v) is 4.23. The van der Waals surface area contributed by atoms with E-state index in [-0.39, 0.29) is 17.9 Å². The number of carbonyl (C=O) groups excluding carboxylic acids is 1. The first-order valence-corrected chi connectivity index (χ1v) is 6.96. The lowest BCUT2D eigenvalue weighted by Crippen LogP contribution is -2.69. The molecule has 3 unspecified atom stereocenters. The largest absolute Gasteiger partial charge is 0.384 e. The van der Waals surface area contributed by atoms with Crippen LogP contribution in [-0.4, -0.2) is 54.1 Å². The molecule has 1 aromatic carbocycles. The summed E-state index contributed by atoms with van der Waals surface area (Å²) in [7, 11) is 0. The van der Waals surface area contributed by atoms with E-state index < -0.39 is 6.10 Å². The van der Waals surface area contributed by atoms with Crippen molar-refractivity contribution < 1.29 is 14.3 Å². The Balaban J connectivity index is 1.71. The number of carbonyl (C=O) groups is 1. The summed E-state index contributed by atoms with van der Waals surface area (Å²) in [5.74, 6) is -0.370. The second-order valence-electron chi connectivity index (χ2n) is 5.65. The number of hydrogen-bond donors (Lipinski definition) is 1. The van der Waals surface area contributed by atoms with E-state index in [2.05, 4.69) is 0 Å². The fourth-order valence-corrected chi connectivity index (χ4v) is 3.33. The SMILES string of the molecule is N#Cc1ccc(N2C3CC2CN(CC(O)C=O)C3)c(F)c1. The van der Waals surface area contributed by atoms with Crippen molar-refractivity contribution >= 4 is 12.0 Å². The van der Waals surface area contributed by atoms with Crippen LogP contribution in [0.1, 0.15) is 12.0 Å². The van der Waals surface area contributed by atoms with Gasteiger partial charge < -0.3 is 14.8 Å². The first kappa shape index (κ1) is 14.0. The predicted molar refractivity (Wildman–Crippen MR) is 74.3 cm³/mol. The number of fused-ring (bicyclic) bond motifs is 2. The molecule has 5 nitrogen and oxygen atoms in total. The van der Waals surface area contributed by atoms with Crippen LogP contribution in [0.15, 0.2) is 18.2 Å². The zero-order chi connectivity index (χ0) is 15.0. The highest BCUT2D eigenvalue weighted by Gasteiger charge is 2.45. The van der Waals surface area contributed by atoms with E-state index in [0.29, 0.717) is 37.2 Å². The lowest BCUT2D eigenvalue weighted by atomic mass is 9.86. The van der Waals surface area contributed by atoms with Gasteiger partial charge in [-0.2, -0.15) is 5.26 Å². The van der Waals surface area contributed by atoms with Crippen molar-refractivity contribution in [2.24, 2.45) is 0 Å². The van der Waals surface area contributed by atoms with Crippen molar-refractivity contribution in [1.82, 2.24) is 4.90 Å². The molecule has 1 aromatic rings. The summed E-state index contributed by atoms with van der Waals surface area (Å²) in [4.78, 5) is 14.6. The quantitative estimate of drug-likeness (QED) is 0.819. The van der Waals surface area contributed by atoms with Gasteiger partial charge in [0.15, 0.2) is 0 Å². The number of rotatable bonds is 4. The average molecular weight is 289 g/mol. The molecule has 2 aliphatic rings. The monoisotopic (exact) mass is 289 g/mol. The molecular weight excluding hydrogens is 273 g/mol. The zero-order valence-electron chi connectivity index (χ0n) is 11.4. The third kappa shape index (κ3) is 2.50. The molecule has 0 aliphatic carbocycles. The molecule has 0 radical (unpaired) electrons. The average Bonchev–Trinajstić information content (AvgIpc) is 2.49. The Kier molecular flexibility index (Phi) is 3.62. The molecule has 2 aliphatic heterocycles. The number of hydrogen-bond acceptors (Lipinski definition) is 5. The van der Waals surface area contributed by atoms with Crippen LogP contribution in [0.25, 0.3) is 0 Å². The molecule has 2 fully saturated rings. The number of aliphatic hydroxyl groups excluding tert-OH is 1. The van der Waals surface area contributed by atoms with Crippen LogP contribution < -0.4 is 4.90 Å². The molecule has 2 heterocycles. The number of aldehydes is 1. The molecule has 3 rings (SSSR count). The van der Waals surface area contributed by atoms with E-state index in [4.69, 9.17) is 5.26 Å². The number of nitriles is 1. The Labute approximate surface area is 122 Å². The van der Waals surface area contributed by atoms with Crippen molar-refractivity contribution in [3.05, 3.63) is 29.6 Å². The maximum absolute atomic E-state index is 14.1. The standard InChI is InChI=1S/C15H16FN3O2/c16-14-3-10(5-17)1-2-15(14)19-11-4-12(19)7-18(6-11)8-13(21)9-20/h1-3,9,11-13,21H,4,6-8H2. The number of halogens is 1. The normalized spacial score (nSPS) is 25.9. The lowest BCUT2D eigenvalue weighted by Gasteiger charge is -2.57. The van der Waals surface area contributed by atoms with Gasteiger partial charge >= 0.3 is 0 Å². The minimum Gasteiger partial charge on any atom is -0.384 e. The van der Waals surface area contributed by atoms with Gasteiger partial charge in [-0.15, -0.1) is 0 Å². The fourth-order valence-electron chi connectivity index (χ4n) is 3.33. The molecule has 21 heavy (non-hydrogen) atoms. The van der Waals surface area contributed by atoms with Crippen LogP contribution in [0.2, 0.25) is 0 Å².